The summed E-state index contributed by atoms with van der Waals surface area (Å²) in [6, 6.07) is 16.4. The van der Waals surface area contributed by atoms with Crippen LogP contribution in [0.1, 0.15) is 5.56 Å². The Balaban J connectivity index is 1.70. The third-order valence-electron chi connectivity index (χ3n) is 3.57. The van der Waals surface area contributed by atoms with Gasteiger partial charge in [0.1, 0.15) is 0 Å². The molecule has 0 atom stereocenters. The van der Waals surface area contributed by atoms with Gasteiger partial charge in [-0.2, -0.15) is 0 Å². The van der Waals surface area contributed by atoms with Gasteiger partial charge in [0.05, 0.1) is 17.1 Å². The van der Waals surface area contributed by atoms with Gasteiger partial charge in [-0.05, 0) is 67.6 Å². The molecule has 0 saturated heterocycles. The molecular formula is C20H19N3. The lowest BCUT2D eigenvalue weighted by molar-refractivity contribution is 1.44. The second kappa shape index (κ2) is 6.88. The van der Waals surface area contributed by atoms with Gasteiger partial charge >= 0.3 is 0 Å². The van der Waals surface area contributed by atoms with Crippen LogP contribution in [0, 0.1) is 6.92 Å². The molecule has 0 bridgehead atoms. The zero-order valence-electron chi connectivity index (χ0n) is 13.3. The maximum atomic E-state index is 4.61. The highest BCUT2D eigenvalue weighted by atomic mass is 14.9. The third-order valence-corrected chi connectivity index (χ3v) is 3.57. The van der Waals surface area contributed by atoms with Crippen molar-refractivity contribution in [3.05, 3.63) is 78.4 Å². The fourth-order valence-corrected chi connectivity index (χ4v) is 2.25. The second-order valence-corrected chi connectivity index (χ2v) is 5.39. The Morgan fingerprint density at radius 1 is 0.696 bits per heavy atom. The van der Waals surface area contributed by atoms with Crippen LogP contribution >= 0.6 is 0 Å². The SMILES string of the molecule is CN=C1C=CC(=Nc2ccc(Nc3ccc(C)cc3)cc2)C=C1. The number of rotatable bonds is 3. The first kappa shape index (κ1) is 15.0. The fourth-order valence-electron chi connectivity index (χ4n) is 2.25. The summed E-state index contributed by atoms with van der Waals surface area (Å²) in [5.74, 6) is 0. The predicted octanol–water partition coefficient (Wildman–Crippen LogP) is 5.01. The van der Waals surface area contributed by atoms with E-state index in [1.807, 2.05) is 48.6 Å². The summed E-state index contributed by atoms with van der Waals surface area (Å²) in [7, 11) is 1.78. The van der Waals surface area contributed by atoms with Crippen LogP contribution in [-0.4, -0.2) is 18.5 Å². The van der Waals surface area contributed by atoms with Crippen molar-refractivity contribution in [1.82, 2.24) is 0 Å². The van der Waals surface area contributed by atoms with Gasteiger partial charge in [-0.25, -0.2) is 4.99 Å². The molecule has 0 amide bonds. The summed E-state index contributed by atoms with van der Waals surface area (Å²) in [4.78, 5) is 8.73. The zero-order chi connectivity index (χ0) is 16.1. The molecule has 0 unspecified atom stereocenters. The first-order chi connectivity index (χ1) is 11.2. The highest BCUT2D eigenvalue weighted by molar-refractivity contribution is 6.18. The van der Waals surface area contributed by atoms with Gasteiger partial charge in [0.2, 0.25) is 0 Å². The van der Waals surface area contributed by atoms with Crippen molar-refractivity contribution in [1.29, 1.82) is 0 Å². The Kier molecular flexibility index (Phi) is 4.48. The molecule has 1 N–H and O–H groups in total. The molecule has 3 heteroatoms. The van der Waals surface area contributed by atoms with E-state index in [1.165, 1.54) is 5.56 Å². The number of aryl methyl sites for hydroxylation is 1. The maximum Gasteiger partial charge on any atom is 0.0638 e. The van der Waals surface area contributed by atoms with Crippen LogP contribution < -0.4 is 5.32 Å². The van der Waals surface area contributed by atoms with E-state index >= 15 is 0 Å². The van der Waals surface area contributed by atoms with Gasteiger partial charge < -0.3 is 5.32 Å². The van der Waals surface area contributed by atoms with Crippen LogP contribution in [0.2, 0.25) is 0 Å². The van der Waals surface area contributed by atoms with Crippen molar-refractivity contribution in [2.75, 3.05) is 12.4 Å². The minimum Gasteiger partial charge on any atom is -0.356 e. The highest BCUT2D eigenvalue weighted by Gasteiger charge is 1.99. The van der Waals surface area contributed by atoms with Crippen LogP contribution in [0.5, 0.6) is 0 Å². The average Bonchev–Trinajstić information content (AvgIpc) is 2.59. The highest BCUT2D eigenvalue weighted by Crippen LogP contribution is 2.21. The molecule has 0 aromatic heterocycles. The predicted molar refractivity (Wildman–Crippen MR) is 99.6 cm³/mol. The molecule has 0 saturated carbocycles. The van der Waals surface area contributed by atoms with Crippen LogP contribution in [0.4, 0.5) is 17.1 Å². The van der Waals surface area contributed by atoms with E-state index in [9.17, 15) is 0 Å². The van der Waals surface area contributed by atoms with Gasteiger partial charge in [0.25, 0.3) is 0 Å². The summed E-state index contributed by atoms with van der Waals surface area (Å²) >= 11 is 0. The number of allylic oxidation sites excluding steroid dienone is 4. The molecule has 23 heavy (non-hydrogen) atoms. The van der Waals surface area contributed by atoms with E-state index in [-0.39, 0.29) is 0 Å². The Bertz CT molecular complexity index is 774. The topological polar surface area (TPSA) is 36.8 Å². The van der Waals surface area contributed by atoms with Crippen LogP contribution in [0.3, 0.4) is 0 Å². The molecular weight excluding hydrogens is 282 g/mol. The van der Waals surface area contributed by atoms with Gasteiger partial charge in [0, 0.05) is 18.4 Å². The van der Waals surface area contributed by atoms with Crippen molar-refractivity contribution in [3.63, 3.8) is 0 Å². The molecule has 0 aliphatic heterocycles. The number of nitrogens with zero attached hydrogens (tertiary/aromatic N) is 2. The molecule has 1 aliphatic rings. The van der Waals surface area contributed by atoms with Crippen molar-refractivity contribution in [2.24, 2.45) is 9.98 Å². The van der Waals surface area contributed by atoms with Crippen molar-refractivity contribution >= 4 is 28.5 Å². The minimum absolute atomic E-state index is 0.927. The van der Waals surface area contributed by atoms with Gasteiger partial charge in [0.15, 0.2) is 0 Å². The van der Waals surface area contributed by atoms with E-state index in [1.54, 1.807) is 7.05 Å². The molecule has 0 spiro atoms. The Morgan fingerprint density at radius 3 is 1.78 bits per heavy atom. The molecule has 0 radical (unpaired) electrons. The molecule has 1 aliphatic carbocycles. The maximum absolute atomic E-state index is 4.61. The quantitative estimate of drug-likeness (QED) is 0.795. The number of aliphatic imine (C=N–C) groups is 2. The smallest absolute Gasteiger partial charge is 0.0638 e. The van der Waals surface area contributed by atoms with E-state index < -0.39 is 0 Å². The van der Waals surface area contributed by atoms with Crippen molar-refractivity contribution in [3.8, 4) is 0 Å². The largest absolute Gasteiger partial charge is 0.356 e. The standard InChI is InChI=1S/C20H19N3/c1-15-3-5-17(6-4-15)22-19-11-13-20(14-12-19)23-18-9-7-16(21-2)8-10-18/h3-14,22H,1-2H3. The molecule has 0 fully saturated rings. The fraction of sp³-hybridized carbons (Fsp3) is 0.100. The molecule has 3 nitrogen and oxygen atoms in total. The molecule has 114 valence electrons. The Hall–Kier alpha value is -2.94. The number of benzene rings is 2. The number of hydrogen-bond donors (Lipinski definition) is 1. The number of nitrogens with one attached hydrogen (secondary N) is 1. The molecule has 2 aromatic rings. The lowest BCUT2D eigenvalue weighted by atomic mass is 10.1. The summed E-state index contributed by atoms with van der Waals surface area (Å²) in [6.07, 6.45) is 7.87. The van der Waals surface area contributed by atoms with E-state index in [2.05, 4.69) is 46.5 Å². The number of hydrogen-bond acceptors (Lipinski definition) is 3. The second-order valence-electron chi connectivity index (χ2n) is 5.39. The van der Waals surface area contributed by atoms with Crippen LogP contribution in [0.25, 0.3) is 0 Å². The summed E-state index contributed by atoms with van der Waals surface area (Å²) in [5, 5.41) is 3.38. The first-order valence-corrected chi connectivity index (χ1v) is 7.58. The summed E-state index contributed by atoms with van der Waals surface area (Å²) in [5.41, 5.74) is 6.21. The van der Waals surface area contributed by atoms with Crippen LogP contribution in [0.15, 0.2) is 82.8 Å². The monoisotopic (exact) mass is 301 g/mol. The van der Waals surface area contributed by atoms with Gasteiger partial charge in [-0.15, -0.1) is 0 Å². The summed E-state index contributed by atoms with van der Waals surface area (Å²) in [6.45, 7) is 2.08. The lowest BCUT2D eigenvalue weighted by Crippen LogP contribution is -1.99. The Morgan fingerprint density at radius 2 is 1.22 bits per heavy atom. The van der Waals surface area contributed by atoms with E-state index in [4.69, 9.17) is 0 Å². The van der Waals surface area contributed by atoms with Crippen molar-refractivity contribution < 1.29 is 0 Å². The zero-order valence-corrected chi connectivity index (χ0v) is 13.3. The normalized spacial score (nSPS) is 13.1. The van der Waals surface area contributed by atoms with Crippen molar-refractivity contribution in [2.45, 2.75) is 6.92 Å². The molecule has 2 aromatic carbocycles. The number of anilines is 2. The van der Waals surface area contributed by atoms with Gasteiger partial charge in [-0.3, -0.25) is 4.99 Å². The van der Waals surface area contributed by atoms with E-state index in [0.29, 0.717) is 0 Å². The Labute approximate surface area is 136 Å². The third kappa shape index (κ3) is 4.04. The average molecular weight is 301 g/mol. The van der Waals surface area contributed by atoms with Crippen LogP contribution in [-0.2, 0) is 0 Å². The first-order valence-electron chi connectivity index (χ1n) is 7.58. The minimum atomic E-state index is 0.927. The molecule has 0 heterocycles. The summed E-state index contributed by atoms with van der Waals surface area (Å²) < 4.78 is 0. The molecule has 3 rings (SSSR count). The van der Waals surface area contributed by atoms with E-state index in [0.717, 1.165) is 28.5 Å². The van der Waals surface area contributed by atoms with Gasteiger partial charge in [-0.1, -0.05) is 17.7 Å². The lowest BCUT2D eigenvalue weighted by Gasteiger charge is -2.07.